The summed E-state index contributed by atoms with van der Waals surface area (Å²) in [5, 5.41) is 3.11. The molecule has 2 amide bonds. The molecule has 0 unspecified atom stereocenters. The number of nitrogens with zero attached hydrogens (tertiary/aromatic N) is 2. The van der Waals surface area contributed by atoms with Crippen LogP contribution in [-0.2, 0) is 26.2 Å². The van der Waals surface area contributed by atoms with E-state index in [2.05, 4.69) is 5.32 Å². The molecule has 0 spiro atoms. The van der Waals surface area contributed by atoms with Gasteiger partial charge in [-0.15, -0.1) is 0 Å². The molecule has 0 aliphatic rings. The van der Waals surface area contributed by atoms with Crippen molar-refractivity contribution in [2.45, 2.75) is 57.6 Å². The smallest absolute Gasteiger partial charge is 0.264 e. The summed E-state index contributed by atoms with van der Waals surface area (Å²) < 4.78 is 34.1. The van der Waals surface area contributed by atoms with Gasteiger partial charge in [0.2, 0.25) is 11.8 Å². The molecule has 2 atom stereocenters. The highest BCUT2D eigenvalue weighted by atomic mass is 35.5. The maximum Gasteiger partial charge on any atom is 0.264 e. The van der Waals surface area contributed by atoms with Crippen molar-refractivity contribution < 1.29 is 22.7 Å². The molecule has 0 aliphatic carbocycles. The van der Waals surface area contributed by atoms with Gasteiger partial charge in [0.1, 0.15) is 18.3 Å². The SMILES string of the molecule is CC[C@@H](C)NC(=O)[C@@H](C)N(Cc1ccccc1)C(=O)CN(c1ccc(OC)c(Cl)c1)S(=O)(=O)c1ccc(C)cc1. The molecule has 10 heteroatoms. The van der Waals surface area contributed by atoms with E-state index in [1.807, 2.05) is 51.1 Å². The lowest BCUT2D eigenvalue weighted by molar-refractivity contribution is -0.139. The van der Waals surface area contributed by atoms with Crippen LogP contribution in [0.4, 0.5) is 5.69 Å². The second-order valence-corrected chi connectivity index (χ2v) is 11.9. The van der Waals surface area contributed by atoms with Crippen molar-refractivity contribution in [2.75, 3.05) is 18.0 Å². The van der Waals surface area contributed by atoms with Gasteiger partial charge in [0.15, 0.2) is 0 Å². The third-order valence-electron chi connectivity index (χ3n) is 6.68. The van der Waals surface area contributed by atoms with E-state index < -0.39 is 28.5 Å². The Balaban J connectivity index is 2.05. The number of carbonyl (C=O) groups is 2. The molecule has 0 saturated carbocycles. The topological polar surface area (TPSA) is 96.0 Å². The van der Waals surface area contributed by atoms with Crippen molar-refractivity contribution >= 4 is 39.1 Å². The lowest BCUT2D eigenvalue weighted by atomic mass is 10.1. The van der Waals surface area contributed by atoms with Gasteiger partial charge in [-0.05, 0) is 63.1 Å². The minimum atomic E-state index is -4.19. The van der Waals surface area contributed by atoms with Crippen molar-refractivity contribution in [3.8, 4) is 5.75 Å². The fraction of sp³-hybridized carbons (Fsp3) is 0.333. The molecular weight excluding hydrogens is 550 g/mol. The van der Waals surface area contributed by atoms with E-state index in [-0.39, 0.29) is 34.1 Å². The van der Waals surface area contributed by atoms with Gasteiger partial charge in [0.05, 0.1) is 22.7 Å². The van der Waals surface area contributed by atoms with E-state index in [1.165, 1.54) is 36.3 Å². The maximum atomic E-state index is 14.0. The Kier molecular flexibility index (Phi) is 10.6. The molecule has 3 aromatic rings. The second kappa shape index (κ2) is 13.7. The summed E-state index contributed by atoms with van der Waals surface area (Å²) in [6.07, 6.45) is 0.728. The highest BCUT2D eigenvalue weighted by molar-refractivity contribution is 7.92. The molecule has 0 aromatic heterocycles. The molecule has 3 aromatic carbocycles. The standard InChI is InChI=1S/C30H36ClN3O5S/c1-6-22(3)32-30(36)23(4)33(19-24-10-8-7-9-11-24)29(35)20-34(25-14-17-28(39-5)27(31)18-25)40(37,38)26-15-12-21(2)13-16-26/h7-18,22-23H,6,19-20H2,1-5H3,(H,32,36)/t22-,23-/m1/s1. The van der Waals surface area contributed by atoms with Crippen molar-refractivity contribution in [1.29, 1.82) is 0 Å². The number of anilines is 1. The number of aryl methyl sites for hydroxylation is 1. The fourth-order valence-corrected chi connectivity index (χ4v) is 5.66. The van der Waals surface area contributed by atoms with E-state index in [0.29, 0.717) is 5.75 Å². The Morgan fingerprint density at radius 2 is 1.65 bits per heavy atom. The predicted molar refractivity (Wildman–Crippen MR) is 158 cm³/mol. The van der Waals surface area contributed by atoms with Crippen LogP contribution < -0.4 is 14.4 Å². The minimum Gasteiger partial charge on any atom is -0.495 e. The zero-order chi connectivity index (χ0) is 29.4. The van der Waals surface area contributed by atoms with E-state index in [0.717, 1.165) is 21.9 Å². The highest BCUT2D eigenvalue weighted by Gasteiger charge is 2.33. The lowest BCUT2D eigenvalue weighted by Gasteiger charge is -2.32. The number of sulfonamides is 1. The molecule has 8 nitrogen and oxygen atoms in total. The van der Waals surface area contributed by atoms with Crippen molar-refractivity contribution in [1.82, 2.24) is 10.2 Å². The van der Waals surface area contributed by atoms with Crippen LogP contribution in [0, 0.1) is 6.92 Å². The molecule has 214 valence electrons. The van der Waals surface area contributed by atoms with Crippen LogP contribution in [0.15, 0.2) is 77.7 Å². The number of halogens is 1. The summed E-state index contributed by atoms with van der Waals surface area (Å²) in [5.74, 6) is -0.497. The van der Waals surface area contributed by atoms with Gasteiger partial charge in [-0.2, -0.15) is 0 Å². The van der Waals surface area contributed by atoms with E-state index >= 15 is 0 Å². The Labute approximate surface area is 241 Å². The third-order valence-corrected chi connectivity index (χ3v) is 8.76. The first kappa shape index (κ1) is 31.0. The van der Waals surface area contributed by atoms with Crippen molar-refractivity contribution in [3.05, 3.63) is 88.9 Å². The monoisotopic (exact) mass is 585 g/mol. The average molecular weight is 586 g/mol. The first-order valence-electron chi connectivity index (χ1n) is 13.0. The summed E-state index contributed by atoms with van der Waals surface area (Å²) >= 11 is 6.36. The average Bonchev–Trinajstić information content (AvgIpc) is 2.94. The number of nitrogens with one attached hydrogen (secondary N) is 1. The van der Waals surface area contributed by atoms with Crippen LogP contribution in [0.3, 0.4) is 0 Å². The molecular formula is C30H36ClN3O5S. The predicted octanol–water partition coefficient (Wildman–Crippen LogP) is 5.18. The largest absolute Gasteiger partial charge is 0.495 e. The van der Waals surface area contributed by atoms with Gasteiger partial charge in [-0.3, -0.25) is 13.9 Å². The molecule has 0 saturated heterocycles. The van der Waals surface area contributed by atoms with Crippen LogP contribution in [-0.4, -0.2) is 50.9 Å². The number of benzene rings is 3. The van der Waals surface area contributed by atoms with Crippen LogP contribution in [0.25, 0.3) is 0 Å². The molecule has 3 rings (SSSR count). The zero-order valence-corrected chi connectivity index (χ0v) is 25.0. The number of hydrogen-bond donors (Lipinski definition) is 1. The van der Waals surface area contributed by atoms with Gasteiger partial charge in [0.25, 0.3) is 10.0 Å². The quantitative estimate of drug-likeness (QED) is 0.316. The molecule has 40 heavy (non-hydrogen) atoms. The van der Waals surface area contributed by atoms with Crippen LogP contribution in [0.5, 0.6) is 5.75 Å². The van der Waals surface area contributed by atoms with E-state index in [1.54, 1.807) is 25.1 Å². The number of carbonyl (C=O) groups excluding carboxylic acids is 2. The molecule has 0 aliphatic heterocycles. The van der Waals surface area contributed by atoms with Crippen molar-refractivity contribution in [3.63, 3.8) is 0 Å². The Morgan fingerprint density at radius 1 is 1.00 bits per heavy atom. The van der Waals surface area contributed by atoms with Crippen LogP contribution in [0.1, 0.15) is 38.3 Å². The number of methoxy groups -OCH3 is 1. The van der Waals surface area contributed by atoms with Gasteiger partial charge < -0.3 is 15.0 Å². The first-order chi connectivity index (χ1) is 19.0. The van der Waals surface area contributed by atoms with Gasteiger partial charge >= 0.3 is 0 Å². The number of ether oxygens (including phenoxy) is 1. The number of hydrogen-bond acceptors (Lipinski definition) is 5. The molecule has 1 N–H and O–H groups in total. The fourth-order valence-electron chi connectivity index (χ4n) is 4.00. The summed E-state index contributed by atoms with van der Waals surface area (Å²) in [5.41, 5.74) is 1.89. The molecule has 0 fully saturated rings. The molecule has 0 radical (unpaired) electrons. The van der Waals surface area contributed by atoms with E-state index in [9.17, 15) is 18.0 Å². The van der Waals surface area contributed by atoms with Crippen LogP contribution >= 0.6 is 11.6 Å². The van der Waals surface area contributed by atoms with Gasteiger partial charge in [-0.1, -0.05) is 66.6 Å². The first-order valence-corrected chi connectivity index (χ1v) is 14.9. The zero-order valence-electron chi connectivity index (χ0n) is 23.4. The normalized spacial score (nSPS) is 12.8. The third kappa shape index (κ3) is 7.55. The lowest BCUT2D eigenvalue weighted by Crippen LogP contribution is -2.52. The minimum absolute atomic E-state index is 0.0232. The summed E-state index contributed by atoms with van der Waals surface area (Å²) in [6, 6.07) is 19.2. The van der Waals surface area contributed by atoms with Gasteiger partial charge in [0, 0.05) is 12.6 Å². The Morgan fingerprint density at radius 3 is 2.23 bits per heavy atom. The van der Waals surface area contributed by atoms with Crippen molar-refractivity contribution in [2.24, 2.45) is 0 Å². The Bertz CT molecular complexity index is 1420. The molecule has 0 bridgehead atoms. The molecule has 0 heterocycles. The Hall–Kier alpha value is -3.56. The van der Waals surface area contributed by atoms with Crippen LogP contribution in [0.2, 0.25) is 5.02 Å². The second-order valence-electron chi connectivity index (χ2n) is 9.64. The summed E-state index contributed by atoms with van der Waals surface area (Å²) in [6.45, 7) is 6.91. The summed E-state index contributed by atoms with van der Waals surface area (Å²) in [7, 11) is -2.73. The number of rotatable bonds is 12. The number of amides is 2. The highest BCUT2D eigenvalue weighted by Crippen LogP contribution is 2.32. The van der Waals surface area contributed by atoms with Gasteiger partial charge in [-0.25, -0.2) is 8.42 Å². The summed E-state index contributed by atoms with van der Waals surface area (Å²) in [4.78, 5) is 28.5. The maximum absolute atomic E-state index is 14.0. The van der Waals surface area contributed by atoms with E-state index in [4.69, 9.17) is 16.3 Å².